The molecule has 0 spiro atoms. The first-order valence-corrected chi connectivity index (χ1v) is 8.00. The van der Waals surface area contributed by atoms with Crippen LogP contribution in [0.2, 0.25) is 0 Å². The van der Waals surface area contributed by atoms with Gasteiger partial charge in [0.05, 0.1) is 19.1 Å². The molecule has 116 valence electrons. The Morgan fingerprint density at radius 3 is 2.70 bits per heavy atom. The number of hydrogen-bond donors (Lipinski definition) is 2. The number of carbonyl (C=O) groups excluding carboxylic acids is 1. The topological polar surface area (TPSA) is 67.6 Å². The zero-order valence-electron chi connectivity index (χ0n) is 12.6. The van der Waals surface area contributed by atoms with E-state index in [1.54, 1.807) is 0 Å². The first kappa shape index (κ1) is 15.7. The van der Waals surface area contributed by atoms with Gasteiger partial charge in [-0.1, -0.05) is 19.3 Å². The minimum absolute atomic E-state index is 0.0512. The van der Waals surface area contributed by atoms with E-state index in [1.807, 2.05) is 0 Å². The van der Waals surface area contributed by atoms with Crippen LogP contribution in [0.3, 0.4) is 0 Å². The van der Waals surface area contributed by atoms with Crippen molar-refractivity contribution in [2.75, 3.05) is 33.4 Å². The molecule has 2 fully saturated rings. The minimum atomic E-state index is -0.161. The van der Waals surface area contributed by atoms with Crippen molar-refractivity contribution in [3.63, 3.8) is 0 Å². The predicted molar refractivity (Wildman–Crippen MR) is 79.4 cm³/mol. The fourth-order valence-electron chi connectivity index (χ4n) is 3.22. The molecule has 1 amide bonds. The monoisotopic (exact) mass is 283 g/mol. The van der Waals surface area contributed by atoms with Crippen LogP contribution in [0.15, 0.2) is 0 Å². The predicted octanol–water partition coefficient (Wildman–Crippen LogP) is 0.731. The highest BCUT2D eigenvalue weighted by Gasteiger charge is 2.30. The average molecular weight is 283 g/mol. The molecule has 2 aliphatic rings. The summed E-state index contributed by atoms with van der Waals surface area (Å²) >= 11 is 0. The number of ether oxygens (including phenoxy) is 1. The normalized spacial score (nSPS) is 27.9. The Morgan fingerprint density at radius 1 is 1.30 bits per heavy atom. The van der Waals surface area contributed by atoms with E-state index in [0.29, 0.717) is 13.2 Å². The Morgan fingerprint density at radius 2 is 2.05 bits per heavy atom. The number of nitrogens with zero attached hydrogens (tertiary/aromatic N) is 1. The Labute approximate surface area is 122 Å². The Kier molecular flexibility index (Phi) is 6.26. The largest absolute Gasteiger partial charge is 0.379 e. The Balaban J connectivity index is 1.57. The molecule has 0 radical (unpaired) electrons. The van der Waals surface area contributed by atoms with Gasteiger partial charge in [0.15, 0.2) is 0 Å². The van der Waals surface area contributed by atoms with Gasteiger partial charge >= 0.3 is 0 Å². The molecule has 5 nitrogen and oxygen atoms in total. The zero-order chi connectivity index (χ0) is 14.4. The molecule has 0 bridgehead atoms. The van der Waals surface area contributed by atoms with Crippen molar-refractivity contribution in [1.29, 1.82) is 0 Å². The van der Waals surface area contributed by atoms with Crippen molar-refractivity contribution in [2.24, 2.45) is 11.7 Å². The summed E-state index contributed by atoms with van der Waals surface area (Å²) in [5.41, 5.74) is 5.84. The molecule has 1 aliphatic heterocycles. The van der Waals surface area contributed by atoms with Crippen LogP contribution in [0, 0.1) is 5.92 Å². The highest BCUT2D eigenvalue weighted by molar-refractivity contribution is 5.79. The van der Waals surface area contributed by atoms with E-state index in [0.717, 1.165) is 25.6 Å². The lowest BCUT2D eigenvalue weighted by Crippen LogP contribution is -2.42. The molecule has 2 atom stereocenters. The van der Waals surface area contributed by atoms with E-state index in [1.165, 1.54) is 32.1 Å². The molecule has 0 aromatic carbocycles. The van der Waals surface area contributed by atoms with Crippen molar-refractivity contribution in [3.05, 3.63) is 0 Å². The highest BCUT2D eigenvalue weighted by atomic mass is 16.5. The molecule has 2 rings (SSSR count). The van der Waals surface area contributed by atoms with Crippen molar-refractivity contribution >= 4 is 5.91 Å². The number of hydrogen-bond acceptors (Lipinski definition) is 4. The molecule has 5 heteroatoms. The summed E-state index contributed by atoms with van der Waals surface area (Å²) in [5, 5.41) is 2.99. The fourth-order valence-corrected chi connectivity index (χ4v) is 3.22. The van der Waals surface area contributed by atoms with Crippen LogP contribution in [-0.2, 0) is 9.53 Å². The maximum absolute atomic E-state index is 11.9. The first-order valence-electron chi connectivity index (χ1n) is 8.00. The lowest BCUT2D eigenvalue weighted by molar-refractivity contribution is -0.125. The molecular formula is C15H29N3O2. The Bertz CT molecular complexity index is 305. The summed E-state index contributed by atoms with van der Waals surface area (Å²) in [6.45, 7) is 2.76. The summed E-state index contributed by atoms with van der Waals surface area (Å²) in [7, 11) is 2.21. The van der Waals surface area contributed by atoms with Crippen LogP contribution in [0.1, 0.15) is 38.5 Å². The number of rotatable bonds is 6. The lowest BCUT2D eigenvalue weighted by atomic mass is 9.94. The summed E-state index contributed by atoms with van der Waals surface area (Å²) in [6, 6.07) is 0.607. The van der Waals surface area contributed by atoms with Crippen LogP contribution < -0.4 is 11.1 Å². The third-order valence-electron chi connectivity index (χ3n) is 4.65. The third-order valence-corrected chi connectivity index (χ3v) is 4.65. The average Bonchev–Trinajstić information content (AvgIpc) is 2.90. The first-order chi connectivity index (χ1) is 9.68. The molecule has 2 unspecified atom stereocenters. The summed E-state index contributed by atoms with van der Waals surface area (Å²) in [5.74, 6) is -0.110. The van der Waals surface area contributed by atoms with Gasteiger partial charge in [-0.25, -0.2) is 0 Å². The number of carbonyl (C=O) groups is 1. The summed E-state index contributed by atoms with van der Waals surface area (Å²) in [4.78, 5) is 14.4. The fraction of sp³-hybridized carbons (Fsp3) is 0.933. The van der Waals surface area contributed by atoms with E-state index >= 15 is 0 Å². The standard InChI is InChI=1S/C15H29N3O2/c1-18(12-6-3-2-4-7-12)9-5-8-17-15(19)13-10-20-11-14(13)16/h12-14H,2-11,16H2,1H3,(H,17,19). The molecule has 1 aliphatic carbocycles. The maximum Gasteiger partial charge on any atom is 0.227 e. The van der Waals surface area contributed by atoms with Gasteiger partial charge in [-0.2, -0.15) is 0 Å². The number of nitrogens with one attached hydrogen (secondary N) is 1. The number of amides is 1. The van der Waals surface area contributed by atoms with Crippen molar-refractivity contribution in [2.45, 2.75) is 50.6 Å². The molecule has 1 heterocycles. The molecule has 1 saturated heterocycles. The van der Waals surface area contributed by atoms with Crippen LogP contribution >= 0.6 is 0 Å². The van der Waals surface area contributed by atoms with Crippen molar-refractivity contribution < 1.29 is 9.53 Å². The second kappa shape index (κ2) is 7.96. The van der Waals surface area contributed by atoms with E-state index in [4.69, 9.17) is 10.5 Å². The maximum atomic E-state index is 11.9. The number of nitrogens with two attached hydrogens (primary N) is 1. The van der Waals surface area contributed by atoms with E-state index in [-0.39, 0.29) is 17.9 Å². The Hall–Kier alpha value is -0.650. The quantitative estimate of drug-likeness (QED) is 0.705. The summed E-state index contributed by atoms with van der Waals surface area (Å²) < 4.78 is 5.22. The van der Waals surface area contributed by atoms with Gasteiger partial charge in [-0.05, 0) is 32.9 Å². The van der Waals surface area contributed by atoms with Crippen LogP contribution in [-0.4, -0.2) is 56.2 Å². The smallest absolute Gasteiger partial charge is 0.227 e. The zero-order valence-corrected chi connectivity index (χ0v) is 12.6. The van der Waals surface area contributed by atoms with Crippen LogP contribution in [0.5, 0.6) is 0 Å². The van der Waals surface area contributed by atoms with E-state index in [2.05, 4.69) is 17.3 Å². The van der Waals surface area contributed by atoms with Gasteiger partial charge in [-0.3, -0.25) is 4.79 Å². The second-order valence-electron chi connectivity index (χ2n) is 6.22. The van der Waals surface area contributed by atoms with E-state index in [9.17, 15) is 4.79 Å². The molecular weight excluding hydrogens is 254 g/mol. The van der Waals surface area contributed by atoms with Gasteiger partial charge in [0.25, 0.3) is 0 Å². The minimum Gasteiger partial charge on any atom is -0.379 e. The van der Waals surface area contributed by atoms with Crippen LogP contribution in [0.4, 0.5) is 0 Å². The van der Waals surface area contributed by atoms with Gasteiger partial charge in [0, 0.05) is 18.6 Å². The molecule has 3 N–H and O–H groups in total. The second-order valence-corrected chi connectivity index (χ2v) is 6.22. The van der Waals surface area contributed by atoms with Gasteiger partial charge < -0.3 is 20.7 Å². The lowest BCUT2D eigenvalue weighted by Gasteiger charge is -2.31. The third kappa shape index (κ3) is 4.43. The van der Waals surface area contributed by atoms with Gasteiger partial charge in [0.2, 0.25) is 5.91 Å². The molecule has 1 saturated carbocycles. The van der Waals surface area contributed by atoms with Gasteiger partial charge in [0.1, 0.15) is 0 Å². The summed E-state index contributed by atoms with van der Waals surface area (Å²) in [6.07, 6.45) is 7.79. The van der Waals surface area contributed by atoms with Crippen molar-refractivity contribution in [3.8, 4) is 0 Å². The van der Waals surface area contributed by atoms with Crippen LogP contribution in [0.25, 0.3) is 0 Å². The SMILES string of the molecule is CN(CCCNC(=O)C1COCC1N)C1CCCCC1. The van der Waals surface area contributed by atoms with Gasteiger partial charge in [-0.15, -0.1) is 0 Å². The molecule has 0 aromatic heterocycles. The van der Waals surface area contributed by atoms with E-state index < -0.39 is 0 Å². The molecule has 20 heavy (non-hydrogen) atoms. The highest BCUT2D eigenvalue weighted by Crippen LogP contribution is 2.21. The molecule has 0 aromatic rings. The van der Waals surface area contributed by atoms with Crippen molar-refractivity contribution in [1.82, 2.24) is 10.2 Å².